The molecule has 2 heterocycles. The average molecular weight is 224 g/mol. The van der Waals surface area contributed by atoms with Crippen LogP contribution in [-0.4, -0.2) is 37.0 Å². The van der Waals surface area contributed by atoms with Crippen LogP contribution in [0.5, 0.6) is 0 Å². The summed E-state index contributed by atoms with van der Waals surface area (Å²) in [5.74, 6) is 1.79. The lowest BCUT2D eigenvalue weighted by atomic mass is 9.91. The van der Waals surface area contributed by atoms with Crippen molar-refractivity contribution in [1.82, 2.24) is 10.2 Å². The summed E-state index contributed by atoms with van der Waals surface area (Å²) >= 11 is 0. The van der Waals surface area contributed by atoms with Gasteiger partial charge in [0.2, 0.25) is 5.91 Å². The summed E-state index contributed by atoms with van der Waals surface area (Å²) in [7, 11) is 0. The molecular weight excluding hydrogens is 200 g/mol. The van der Waals surface area contributed by atoms with Crippen LogP contribution < -0.4 is 5.32 Å². The molecule has 0 unspecified atom stereocenters. The van der Waals surface area contributed by atoms with Gasteiger partial charge in [0.15, 0.2) is 0 Å². The molecule has 0 radical (unpaired) electrons. The van der Waals surface area contributed by atoms with Crippen molar-refractivity contribution in [3.63, 3.8) is 0 Å². The monoisotopic (exact) mass is 224 g/mol. The maximum atomic E-state index is 11.9. The van der Waals surface area contributed by atoms with E-state index in [1.54, 1.807) is 0 Å². The Morgan fingerprint density at radius 1 is 1.25 bits per heavy atom. The Morgan fingerprint density at radius 3 is 2.62 bits per heavy atom. The number of carbonyl (C=O) groups excluding carboxylic acids is 1. The molecule has 0 aromatic heterocycles. The van der Waals surface area contributed by atoms with Gasteiger partial charge in [0.1, 0.15) is 0 Å². The maximum absolute atomic E-state index is 11.9. The van der Waals surface area contributed by atoms with Crippen molar-refractivity contribution in [2.75, 3.05) is 26.2 Å². The van der Waals surface area contributed by atoms with Crippen molar-refractivity contribution in [2.45, 2.75) is 39.0 Å². The van der Waals surface area contributed by atoms with E-state index in [9.17, 15) is 4.79 Å². The van der Waals surface area contributed by atoms with Crippen molar-refractivity contribution >= 4 is 5.91 Å². The topological polar surface area (TPSA) is 32.3 Å². The molecule has 0 aliphatic carbocycles. The standard InChI is InChI=1S/C13H24N2O/c1-2-11-5-8-15(13(16)9-11)10-12-3-6-14-7-4-12/h11-12,14H,2-10H2,1H3/t11-/m0/s1. The van der Waals surface area contributed by atoms with Gasteiger partial charge in [0.25, 0.3) is 0 Å². The second kappa shape index (κ2) is 5.67. The number of hydrogen-bond donors (Lipinski definition) is 1. The largest absolute Gasteiger partial charge is 0.342 e. The lowest BCUT2D eigenvalue weighted by molar-refractivity contribution is -0.135. The van der Waals surface area contributed by atoms with E-state index in [1.807, 2.05) is 0 Å². The van der Waals surface area contributed by atoms with Crippen molar-refractivity contribution in [3.8, 4) is 0 Å². The molecule has 16 heavy (non-hydrogen) atoms. The van der Waals surface area contributed by atoms with E-state index in [1.165, 1.54) is 19.3 Å². The summed E-state index contributed by atoms with van der Waals surface area (Å²) in [5.41, 5.74) is 0. The third-order valence-electron chi connectivity index (χ3n) is 4.14. The van der Waals surface area contributed by atoms with E-state index >= 15 is 0 Å². The van der Waals surface area contributed by atoms with Gasteiger partial charge in [0.05, 0.1) is 0 Å². The van der Waals surface area contributed by atoms with Gasteiger partial charge < -0.3 is 10.2 Å². The van der Waals surface area contributed by atoms with Gasteiger partial charge in [-0.05, 0) is 44.2 Å². The highest BCUT2D eigenvalue weighted by atomic mass is 16.2. The second-order valence-electron chi connectivity index (χ2n) is 5.30. The van der Waals surface area contributed by atoms with Crippen LogP contribution in [0.4, 0.5) is 0 Å². The minimum atomic E-state index is 0.400. The number of piperidine rings is 2. The fraction of sp³-hybridized carbons (Fsp3) is 0.923. The number of nitrogens with zero attached hydrogens (tertiary/aromatic N) is 1. The summed E-state index contributed by atoms with van der Waals surface area (Å²) in [5, 5.41) is 3.38. The summed E-state index contributed by atoms with van der Waals surface area (Å²) in [6.45, 7) is 6.47. The lowest BCUT2D eigenvalue weighted by Gasteiger charge is -2.35. The third-order valence-corrected chi connectivity index (χ3v) is 4.14. The first-order valence-electron chi connectivity index (χ1n) is 6.78. The van der Waals surface area contributed by atoms with Gasteiger partial charge >= 0.3 is 0 Å². The Bertz CT molecular complexity index is 236. The maximum Gasteiger partial charge on any atom is 0.222 e. The molecule has 1 amide bonds. The van der Waals surface area contributed by atoms with Crippen LogP contribution in [0.15, 0.2) is 0 Å². The zero-order valence-electron chi connectivity index (χ0n) is 10.4. The summed E-state index contributed by atoms with van der Waals surface area (Å²) < 4.78 is 0. The molecule has 2 rings (SSSR count). The van der Waals surface area contributed by atoms with Crippen LogP contribution in [0, 0.1) is 11.8 Å². The van der Waals surface area contributed by atoms with E-state index in [-0.39, 0.29) is 0 Å². The van der Waals surface area contributed by atoms with Crippen LogP contribution >= 0.6 is 0 Å². The molecule has 2 aliphatic rings. The highest BCUT2D eigenvalue weighted by Gasteiger charge is 2.26. The normalized spacial score (nSPS) is 28.4. The van der Waals surface area contributed by atoms with Crippen LogP contribution in [0.2, 0.25) is 0 Å². The number of amides is 1. The molecule has 2 fully saturated rings. The molecule has 1 N–H and O–H groups in total. The van der Waals surface area contributed by atoms with E-state index in [2.05, 4.69) is 17.1 Å². The van der Waals surface area contributed by atoms with E-state index in [4.69, 9.17) is 0 Å². The molecule has 0 aromatic rings. The van der Waals surface area contributed by atoms with Crippen LogP contribution in [0.3, 0.4) is 0 Å². The molecule has 0 saturated carbocycles. The zero-order valence-corrected chi connectivity index (χ0v) is 10.4. The molecule has 1 atom stereocenters. The molecule has 0 bridgehead atoms. The first kappa shape index (κ1) is 11.9. The predicted octanol–water partition coefficient (Wildman–Crippen LogP) is 1.63. The summed E-state index contributed by atoms with van der Waals surface area (Å²) in [6.07, 6.45) is 5.64. The summed E-state index contributed by atoms with van der Waals surface area (Å²) in [4.78, 5) is 14.1. The van der Waals surface area contributed by atoms with Gasteiger partial charge in [-0.25, -0.2) is 0 Å². The van der Waals surface area contributed by atoms with E-state index in [0.717, 1.165) is 44.9 Å². The Hall–Kier alpha value is -0.570. The number of hydrogen-bond acceptors (Lipinski definition) is 2. The van der Waals surface area contributed by atoms with Crippen molar-refractivity contribution < 1.29 is 4.79 Å². The van der Waals surface area contributed by atoms with Crippen LogP contribution in [0.25, 0.3) is 0 Å². The lowest BCUT2D eigenvalue weighted by Crippen LogP contribution is -2.43. The zero-order chi connectivity index (χ0) is 11.4. The molecule has 2 aliphatic heterocycles. The first-order valence-corrected chi connectivity index (χ1v) is 6.78. The minimum Gasteiger partial charge on any atom is -0.342 e. The van der Waals surface area contributed by atoms with Crippen molar-refractivity contribution in [1.29, 1.82) is 0 Å². The molecule has 0 aromatic carbocycles. The number of carbonyl (C=O) groups is 1. The van der Waals surface area contributed by atoms with Crippen LogP contribution in [-0.2, 0) is 4.79 Å². The number of rotatable bonds is 3. The summed E-state index contributed by atoms with van der Waals surface area (Å²) in [6, 6.07) is 0. The van der Waals surface area contributed by atoms with Gasteiger partial charge in [-0.1, -0.05) is 13.3 Å². The van der Waals surface area contributed by atoms with Gasteiger partial charge in [-0.2, -0.15) is 0 Å². The molecule has 3 heteroatoms. The minimum absolute atomic E-state index is 0.400. The Labute approximate surface area is 98.6 Å². The molecule has 3 nitrogen and oxygen atoms in total. The Morgan fingerprint density at radius 2 is 2.00 bits per heavy atom. The van der Waals surface area contributed by atoms with E-state index in [0.29, 0.717) is 11.8 Å². The Kier molecular flexibility index (Phi) is 4.22. The molecule has 0 spiro atoms. The predicted molar refractivity (Wildman–Crippen MR) is 65.2 cm³/mol. The second-order valence-corrected chi connectivity index (χ2v) is 5.30. The fourth-order valence-electron chi connectivity index (χ4n) is 2.86. The molecular formula is C13H24N2O. The van der Waals surface area contributed by atoms with Crippen LogP contribution in [0.1, 0.15) is 39.0 Å². The molecule has 2 saturated heterocycles. The first-order chi connectivity index (χ1) is 7.79. The average Bonchev–Trinajstić information content (AvgIpc) is 2.33. The smallest absolute Gasteiger partial charge is 0.222 e. The third kappa shape index (κ3) is 2.97. The SMILES string of the molecule is CC[C@H]1CCN(CC2CCNCC2)C(=O)C1. The number of nitrogens with one attached hydrogen (secondary N) is 1. The highest BCUT2D eigenvalue weighted by Crippen LogP contribution is 2.23. The van der Waals surface area contributed by atoms with Crippen molar-refractivity contribution in [3.05, 3.63) is 0 Å². The fourth-order valence-corrected chi connectivity index (χ4v) is 2.86. The van der Waals surface area contributed by atoms with Crippen molar-refractivity contribution in [2.24, 2.45) is 11.8 Å². The number of likely N-dealkylation sites (tertiary alicyclic amines) is 1. The van der Waals surface area contributed by atoms with Gasteiger partial charge in [0, 0.05) is 19.5 Å². The van der Waals surface area contributed by atoms with Gasteiger partial charge in [-0.15, -0.1) is 0 Å². The Balaban J connectivity index is 1.79. The quantitative estimate of drug-likeness (QED) is 0.790. The highest BCUT2D eigenvalue weighted by molar-refractivity contribution is 5.77. The van der Waals surface area contributed by atoms with E-state index < -0.39 is 0 Å². The molecule has 92 valence electrons. The van der Waals surface area contributed by atoms with Gasteiger partial charge in [-0.3, -0.25) is 4.79 Å².